The van der Waals surface area contributed by atoms with E-state index in [4.69, 9.17) is 13.0 Å². The molecule has 2 heteroatoms. The summed E-state index contributed by atoms with van der Waals surface area (Å²) in [5, 5.41) is 8.58. The molecule has 0 bridgehead atoms. The molecule has 1 N–H and O–H groups in total. The first kappa shape index (κ1) is 10.3. The number of unbranched alkanes of at least 4 members (excludes halogenated alkanes) is 2. The maximum atomic E-state index is 8.58. The number of aliphatic hydroxyl groups is 1. The topological polar surface area (TPSA) is 20.2 Å². The van der Waals surface area contributed by atoms with Crippen molar-refractivity contribution in [2.75, 3.05) is 6.61 Å². The molecule has 0 unspecified atom stereocenters. The maximum Gasteiger partial charge on any atom is 0.113 e. The van der Waals surface area contributed by atoms with Gasteiger partial charge >= 0.3 is 0 Å². The summed E-state index contributed by atoms with van der Waals surface area (Å²) in [6.45, 7) is 0.307. The molecule has 13 heavy (non-hydrogen) atoms. The van der Waals surface area contributed by atoms with Gasteiger partial charge in [-0.15, -0.1) is 0 Å². The summed E-state index contributed by atoms with van der Waals surface area (Å²) < 4.78 is 0. The minimum absolute atomic E-state index is 0.307. The molecule has 0 aliphatic heterocycles. The lowest BCUT2D eigenvalue weighted by Gasteiger charge is -2.01. The number of rotatable bonds is 5. The molecule has 0 amide bonds. The minimum Gasteiger partial charge on any atom is -0.396 e. The van der Waals surface area contributed by atoms with Gasteiger partial charge in [0.15, 0.2) is 0 Å². The zero-order valence-corrected chi connectivity index (χ0v) is 7.87. The third-order valence-corrected chi connectivity index (χ3v) is 2.10. The zero-order chi connectivity index (χ0) is 9.52. The maximum absolute atomic E-state index is 8.58. The van der Waals surface area contributed by atoms with Gasteiger partial charge in [0.1, 0.15) is 7.85 Å². The molecule has 2 radical (unpaired) electrons. The highest BCUT2D eigenvalue weighted by Gasteiger charge is 1.92. The lowest BCUT2D eigenvalue weighted by molar-refractivity contribution is 0.283. The van der Waals surface area contributed by atoms with E-state index < -0.39 is 0 Å². The Morgan fingerprint density at radius 1 is 1.00 bits per heavy atom. The van der Waals surface area contributed by atoms with Gasteiger partial charge in [0.2, 0.25) is 0 Å². The molecule has 0 heterocycles. The third-order valence-electron chi connectivity index (χ3n) is 2.10. The predicted molar refractivity (Wildman–Crippen MR) is 56.5 cm³/mol. The fraction of sp³-hybridized carbons (Fsp3) is 0.455. The Labute approximate surface area is 81.2 Å². The van der Waals surface area contributed by atoms with Crippen LogP contribution in [0, 0.1) is 0 Å². The van der Waals surface area contributed by atoms with E-state index in [2.05, 4.69) is 12.1 Å². The Bertz CT molecular complexity index is 230. The fourth-order valence-corrected chi connectivity index (χ4v) is 1.30. The van der Waals surface area contributed by atoms with Crippen LogP contribution in [0.2, 0.25) is 0 Å². The van der Waals surface area contributed by atoms with Crippen LogP contribution >= 0.6 is 0 Å². The van der Waals surface area contributed by atoms with E-state index in [1.54, 1.807) is 0 Å². The van der Waals surface area contributed by atoms with E-state index >= 15 is 0 Å². The van der Waals surface area contributed by atoms with Crippen LogP contribution in [0.5, 0.6) is 0 Å². The van der Waals surface area contributed by atoms with Gasteiger partial charge < -0.3 is 5.11 Å². The molecule has 0 saturated heterocycles. The Morgan fingerprint density at radius 2 is 1.69 bits per heavy atom. The first-order valence-electron chi connectivity index (χ1n) is 4.78. The molecule has 0 atom stereocenters. The van der Waals surface area contributed by atoms with Crippen LogP contribution in [-0.2, 0) is 6.42 Å². The summed E-state index contributed by atoms with van der Waals surface area (Å²) in [7, 11) is 5.57. The van der Waals surface area contributed by atoms with E-state index in [9.17, 15) is 0 Å². The summed E-state index contributed by atoms with van der Waals surface area (Å²) in [6.07, 6.45) is 4.24. The quantitative estimate of drug-likeness (QED) is 0.525. The van der Waals surface area contributed by atoms with Crippen molar-refractivity contribution in [2.45, 2.75) is 25.7 Å². The van der Waals surface area contributed by atoms with E-state index in [-0.39, 0.29) is 0 Å². The molecule has 1 nitrogen and oxygen atoms in total. The molecule has 0 spiro atoms. The Morgan fingerprint density at radius 3 is 2.31 bits per heavy atom. The molecule has 0 saturated carbocycles. The third kappa shape index (κ3) is 4.14. The standard InChI is InChI=1S/C11H15BO/c12-11-7-5-10(6-8-11)4-2-1-3-9-13/h5-8,13H,1-4,9H2. The number of hydrogen-bond donors (Lipinski definition) is 1. The average Bonchev–Trinajstić information content (AvgIpc) is 2.15. The van der Waals surface area contributed by atoms with Crippen molar-refractivity contribution in [3.8, 4) is 0 Å². The molecular formula is C11H15BO. The van der Waals surface area contributed by atoms with Gasteiger partial charge in [-0.25, -0.2) is 0 Å². The number of aliphatic hydroxyl groups excluding tert-OH is 1. The molecule has 0 aromatic heterocycles. The van der Waals surface area contributed by atoms with Crippen LogP contribution in [0.3, 0.4) is 0 Å². The number of aryl methyl sites for hydroxylation is 1. The average molecular weight is 174 g/mol. The molecule has 0 aliphatic rings. The Balaban J connectivity index is 2.25. The van der Waals surface area contributed by atoms with Gasteiger partial charge in [0, 0.05) is 6.61 Å². The van der Waals surface area contributed by atoms with E-state index in [1.165, 1.54) is 5.56 Å². The van der Waals surface area contributed by atoms with Crippen LogP contribution in [0.1, 0.15) is 24.8 Å². The smallest absolute Gasteiger partial charge is 0.113 e. The van der Waals surface area contributed by atoms with Crippen molar-refractivity contribution < 1.29 is 5.11 Å². The van der Waals surface area contributed by atoms with Crippen molar-refractivity contribution in [1.29, 1.82) is 0 Å². The zero-order valence-electron chi connectivity index (χ0n) is 7.87. The van der Waals surface area contributed by atoms with Crippen LogP contribution in [0.15, 0.2) is 24.3 Å². The molecule has 0 fully saturated rings. The van der Waals surface area contributed by atoms with Gasteiger partial charge in [-0.2, -0.15) is 0 Å². The van der Waals surface area contributed by atoms with Crippen LogP contribution in [-0.4, -0.2) is 19.6 Å². The van der Waals surface area contributed by atoms with E-state index in [1.807, 2.05) is 12.1 Å². The molecule has 1 aromatic carbocycles. The van der Waals surface area contributed by atoms with E-state index in [0.29, 0.717) is 6.61 Å². The van der Waals surface area contributed by atoms with Gasteiger partial charge in [0.05, 0.1) is 0 Å². The van der Waals surface area contributed by atoms with Crippen molar-refractivity contribution in [3.05, 3.63) is 29.8 Å². The first-order chi connectivity index (χ1) is 6.33. The highest BCUT2D eigenvalue weighted by Crippen LogP contribution is 2.04. The lowest BCUT2D eigenvalue weighted by atomic mass is 9.94. The van der Waals surface area contributed by atoms with Gasteiger partial charge in [-0.3, -0.25) is 0 Å². The highest BCUT2D eigenvalue weighted by atomic mass is 16.2. The Hall–Kier alpha value is -0.755. The molecular weight excluding hydrogens is 159 g/mol. The fourth-order valence-electron chi connectivity index (χ4n) is 1.30. The van der Waals surface area contributed by atoms with Gasteiger partial charge in [-0.05, 0) is 24.8 Å². The summed E-state index contributed by atoms with van der Waals surface area (Å²) in [5.74, 6) is 0. The second-order valence-electron chi connectivity index (χ2n) is 3.28. The van der Waals surface area contributed by atoms with E-state index in [0.717, 1.165) is 31.1 Å². The molecule has 68 valence electrons. The monoisotopic (exact) mass is 174 g/mol. The molecule has 1 aromatic rings. The van der Waals surface area contributed by atoms with Crippen LogP contribution in [0.4, 0.5) is 0 Å². The SMILES string of the molecule is [B]c1ccc(CCCCCO)cc1. The van der Waals surface area contributed by atoms with Crippen LogP contribution in [0.25, 0.3) is 0 Å². The summed E-state index contributed by atoms with van der Waals surface area (Å²) in [4.78, 5) is 0. The highest BCUT2D eigenvalue weighted by molar-refractivity contribution is 6.32. The summed E-state index contributed by atoms with van der Waals surface area (Å²) in [6, 6.07) is 7.99. The van der Waals surface area contributed by atoms with Crippen molar-refractivity contribution in [3.63, 3.8) is 0 Å². The van der Waals surface area contributed by atoms with Gasteiger partial charge in [0.25, 0.3) is 0 Å². The van der Waals surface area contributed by atoms with Gasteiger partial charge in [-0.1, -0.05) is 36.1 Å². The number of hydrogen-bond acceptors (Lipinski definition) is 1. The first-order valence-corrected chi connectivity index (χ1v) is 4.78. The minimum atomic E-state index is 0.307. The predicted octanol–water partition coefficient (Wildman–Crippen LogP) is 1.19. The second kappa shape index (κ2) is 5.82. The summed E-state index contributed by atoms with van der Waals surface area (Å²) >= 11 is 0. The second-order valence-corrected chi connectivity index (χ2v) is 3.28. The lowest BCUT2D eigenvalue weighted by Crippen LogP contribution is -2.00. The molecule has 1 rings (SSSR count). The van der Waals surface area contributed by atoms with Crippen molar-refractivity contribution in [2.24, 2.45) is 0 Å². The summed E-state index contributed by atoms with van der Waals surface area (Å²) in [5.41, 5.74) is 2.14. The Kier molecular flexibility index (Phi) is 4.62. The largest absolute Gasteiger partial charge is 0.396 e. The molecule has 0 aliphatic carbocycles. The van der Waals surface area contributed by atoms with Crippen molar-refractivity contribution in [1.82, 2.24) is 0 Å². The number of benzene rings is 1. The van der Waals surface area contributed by atoms with Crippen molar-refractivity contribution >= 4 is 13.3 Å². The normalized spacial score (nSPS) is 10.2. The van der Waals surface area contributed by atoms with Crippen LogP contribution < -0.4 is 5.46 Å².